The van der Waals surface area contributed by atoms with E-state index in [2.05, 4.69) is 42.0 Å². The first kappa shape index (κ1) is 20.0. The highest BCUT2D eigenvalue weighted by Gasteiger charge is 2.55. The standard InChI is InChI=1S/C15H17BrFN7O4S/c16-10-3-8(1-2-11(10)17)19-13(21-25)12-14(23-28-22-12)20-9-4-15(5-9)6-24(7-15)29(18,26)27/h1-3,9,25H,4-7H2,(H,19,21)(H,20,23)(H2,18,26,27). The minimum atomic E-state index is -3.64. The number of aromatic nitrogens is 2. The average molecular weight is 490 g/mol. The van der Waals surface area contributed by atoms with Gasteiger partial charge in [-0.2, -0.15) is 12.7 Å². The van der Waals surface area contributed by atoms with Gasteiger partial charge in [0.25, 0.3) is 10.2 Å². The van der Waals surface area contributed by atoms with Gasteiger partial charge in [-0.3, -0.25) is 0 Å². The number of halogens is 2. The molecule has 1 saturated carbocycles. The van der Waals surface area contributed by atoms with Crippen molar-refractivity contribution >= 4 is 43.5 Å². The molecule has 1 saturated heterocycles. The molecule has 0 amide bonds. The molecule has 2 aromatic rings. The minimum absolute atomic E-state index is 0.0307. The Bertz CT molecular complexity index is 1060. The predicted molar refractivity (Wildman–Crippen MR) is 104 cm³/mol. The van der Waals surface area contributed by atoms with Crippen molar-refractivity contribution in [1.82, 2.24) is 14.6 Å². The number of hydrogen-bond donors (Lipinski definition) is 4. The summed E-state index contributed by atoms with van der Waals surface area (Å²) >= 11 is 3.09. The van der Waals surface area contributed by atoms with Crippen LogP contribution in [0.3, 0.4) is 0 Å². The van der Waals surface area contributed by atoms with Crippen LogP contribution in [0.5, 0.6) is 0 Å². The summed E-state index contributed by atoms with van der Waals surface area (Å²) in [5, 5.41) is 31.2. The number of oxime groups is 1. The van der Waals surface area contributed by atoms with E-state index in [0.717, 1.165) is 12.8 Å². The number of benzene rings is 1. The van der Waals surface area contributed by atoms with Gasteiger partial charge in [0.05, 0.1) is 4.47 Å². The van der Waals surface area contributed by atoms with E-state index in [1.54, 1.807) is 0 Å². The normalized spacial score (nSPS) is 19.6. The lowest BCUT2D eigenvalue weighted by atomic mass is 9.61. The lowest BCUT2D eigenvalue weighted by Crippen LogP contribution is -2.67. The third-order valence-electron chi connectivity index (χ3n) is 5.08. The van der Waals surface area contributed by atoms with Gasteiger partial charge < -0.3 is 15.8 Å². The molecule has 0 bridgehead atoms. The summed E-state index contributed by atoms with van der Waals surface area (Å²) < 4.78 is 42.3. The summed E-state index contributed by atoms with van der Waals surface area (Å²) in [6.07, 6.45) is 1.46. The van der Waals surface area contributed by atoms with Crippen LogP contribution in [-0.4, -0.2) is 53.2 Å². The van der Waals surface area contributed by atoms with E-state index < -0.39 is 16.0 Å². The molecule has 1 aromatic heterocycles. The molecule has 0 unspecified atom stereocenters. The first-order valence-corrected chi connectivity index (χ1v) is 10.8. The number of nitrogens with two attached hydrogens (primary N) is 1. The molecule has 2 aliphatic rings. The van der Waals surface area contributed by atoms with Crippen LogP contribution >= 0.6 is 15.9 Å². The molecule has 1 spiro atoms. The maximum Gasteiger partial charge on any atom is 0.276 e. The van der Waals surface area contributed by atoms with E-state index in [-0.39, 0.29) is 33.3 Å². The van der Waals surface area contributed by atoms with Gasteiger partial charge in [-0.25, -0.2) is 14.2 Å². The molecule has 1 aliphatic carbocycles. The first-order valence-electron chi connectivity index (χ1n) is 8.51. The Labute approximate surface area is 173 Å². The molecule has 0 radical (unpaired) electrons. The second-order valence-electron chi connectivity index (χ2n) is 7.23. The summed E-state index contributed by atoms with van der Waals surface area (Å²) in [5.41, 5.74) is 0.530. The molecule has 1 aromatic carbocycles. The van der Waals surface area contributed by atoms with Crippen LogP contribution in [0.4, 0.5) is 15.9 Å². The number of anilines is 2. The Hall–Kier alpha value is -2.29. The van der Waals surface area contributed by atoms with E-state index in [9.17, 15) is 18.0 Å². The number of rotatable bonds is 5. The van der Waals surface area contributed by atoms with Gasteiger partial charge >= 0.3 is 0 Å². The lowest BCUT2D eigenvalue weighted by Gasteiger charge is -2.57. The molecule has 2 fully saturated rings. The van der Waals surface area contributed by atoms with E-state index in [1.807, 2.05) is 0 Å². The largest absolute Gasteiger partial charge is 0.409 e. The van der Waals surface area contributed by atoms with Gasteiger partial charge in [0.1, 0.15) is 5.82 Å². The molecule has 0 atom stereocenters. The lowest BCUT2D eigenvalue weighted by molar-refractivity contribution is -0.0174. The van der Waals surface area contributed by atoms with E-state index in [0.29, 0.717) is 18.8 Å². The van der Waals surface area contributed by atoms with Gasteiger partial charge in [0.2, 0.25) is 11.7 Å². The SMILES string of the molecule is NS(=O)(=O)N1CC2(CC(Nc3nonc3C(=NO)Nc3ccc(F)c(Br)c3)C2)C1. The molecule has 14 heteroatoms. The van der Waals surface area contributed by atoms with Crippen molar-refractivity contribution in [1.29, 1.82) is 0 Å². The maximum atomic E-state index is 13.4. The Kier molecular flexibility index (Phi) is 4.96. The van der Waals surface area contributed by atoms with Crippen LogP contribution in [0.2, 0.25) is 0 Å². The number of nitrogens with one attached hydrogen (secondary N) is 2. The average Bonchev–Trinajstić information content (AvgIpc) is 3.03. The number of nitrogens with zero attached hydrogens (tertiary/aromatic N) is 4. The Morgan fingerprint density at radius 3 is 2.76 bits per heavy atom. The van der Waals surface area contributed by atoms with Crippen molar-refractivity contribution in [3.63, 3.8) is 0 Å². The van der Waals surface area contributed by atoms with Crippen LogP contribution in [0.15, 0.2) is 32.5 Å². The van der Waals surface area contributed by atoms with E-state index in [1.165, 1.54) is 22.5 Å². The quantitative estimate of drug-likeness (QED) is 0.211. The first-order chi connectivity index (χ1) is 13.7. The molecule has 1 aliphatic heterocycles. The Morgan fingerprint density at radius 2 is 2.14 bits per heavy atom. The van der Waals surface area contributed by atoms with Gasteiger partial charge in [0, 0.05) is 30.2 Å². The predicted octanol–water partition coefficient (Wildman–Crippen LogP) is 1.30. The maximum absolute atomic E-state index is 13.4. The van der Waals surface area contributed by atoms with Gasteiger partial charge in [-0.05, 0) is 57.3 Å². The molecular weight excluding hydrogens is 473 g/mol. The summed E-state index contributed by atoms with van der Waals surface area (Å²) in [4.78, 5) is 0. The Morgan fingerprint density at radius 1 is 1.41 bits per heavy atom. The zero-order valence-corrected chi connectivity index (χ0v) is 17.2. The van der Waals surface area contributed by atoms with Crippen LogP contribution < -0.4 is 15.8 Å². The smallest absolute Gasteiger partial charge is 0.276 e. The fourth-order valence-electron chi connectivity index (χ4n) is 3.70. The van der Waals surface area contributed by atoms with Crippen LogP contribution in [0.1, 0.15) is 18.5 Å². The van der Waals surface area contributed by atoms with Crippen molar-refractivity contribution in [2.75, 3.05) is 23.7 Å². The molecule has 4 rings (SSSR count). The zero-order valence-electron chi connectivity index (χ0n) is 14.8. The van der Waals surface area contributed by atoms with Crippen molar-refractivity contribution < 1.29 is 22.6 Å². The van der Waals surface area contributed by atoms with Gasteiger partial charge in [-0.1, -0.05) is 5.16 Å². The van der Waals surface area contributed by atoms with Crippen molar-refractivity contribution in [2.45, 2.75) is 18.9 Å². The molecule has 5 N–H and O–H groups in total. The molecule has 156 valence electrons. The van der Waals surface area contributed by atoms with E-state index in [4.69, 9.17) is 9.77 Å². The van der Waals surface area contributed by atoms with Gasteiger partial charge in [-0.15, -0.1) is 0 Å². The zero-order chi connectivity index (χ0) is 20.8. The molecule has 29 heavy (non-hydrogen) atoms. The van der Waals surface area contributed by atoms with Crippen LogP contribution in [0.25, 0.3) is 0 Å². The van der Waals surface area contributed by atoms with Crippen molar-refractivity contribution in [2.24, 2.45) is 15.7 Å². The van der Waals surface area contributed by atoms with E-state index >= 15 is 0 Å². The summed E-state index contributed by atoms with van der Waals surface area (Å²) in [6, 6.07) is 4.22. The van der Waals surface area contributed by atoms with Gasteiger partial charge in [0.15, 0.2) is 5.69 Å². The van der Waals surface area contributed by atoms with Crippen molar-refractivity contribution in [3.8, 4) is 0 Å². The molecule has 2 heterocycles. The molecule has 11 nitrogen and oxygen atoms in total. The highest BCUT2D eigenvalue weighted by molar-refractivity contribution is 9.10. The topological polar surface area (TPSA) is 159 Å². The van der Waals surface area contributed by atoms with Crippen LogP contribution in [-0.2, 0) is 10.2 Å². The summed E-state index contributed by atoms with van der Waals surface area (Å²) in [6.45, 7) is 0.802. The second kappa shape index (κ2) is 7.19. The highest BCUT2D eigenvalue weighted by Crippen LogP contribution is 2.49. The third kappa shape index (κ3) is 3.92. The monoisotopic (exact) mass is 489 g/mol. The minimum Gasteiger partial charge on any atom is -0.409 e. The second-order valence-corrected chi connectivity index (χ2v) is 9.63. The number of hydrogen-bond acceptors (Lipinski definition) is 8. The highest BCUT2D eigenvalue weighted by atomic mass is 79.9. The summed E-state index contributed by atoms with van der Waals surface area (Å²) in [7, 11) is -3.64. The van der Waals surface area contributed by atoms with Crippen LogP contribution in [0, 0.1) is 11.2 Å². The fraction of sp³-hybridized carbons (Fsp3) is 0.400. The molecular formula is C15H17BrFN7O4S. The summed E-state index contributed by atoms with van der Waals surface area (Å²) in [5.74, 6) is -0.196. The Balaban J connectivity index is 1.39. The van der Waals surface area contributed by atoms with Crippen molar-refractivity contribution in [3.05, 3.63) is 34.2 Å². The fourth-order valence-corrected chi connectivity index (χ4v) is 4.99. The third-order valence-corrected chi connectivity index (χ3v) is 6.66. The number of amidine groups is 1.